The van der Waals surface area contributed by atoms with E-state index in [1.54, 1.807) is 20.4 Å². The van der Waals surface area contributed by atoms with E-state index < -0.39 is 0 Å². The smallest absolute Gasteiger partial charge is 0.224 e. The fourth-order valence-electron chi connectivity index (χ4n) is 5.30. The summed E-state index contributed by atoms with van der Waals surface area (Å²) >= 11 is 0. The first-order valence-electron chi connectivity index (χ1n) is 12.8. The molecule has 0 unspecified atom stereocenters. The van der Waals surface area contributed by atoms with Gasteiger partial charge in [-0.1, -0.05) is 25.3 Å². The average Bonchev–Trinajstić information content (AvgIpc) is 2.88. The molecule has 1 aliphatic carbocycles. The molecule has 2 aliphatic rings. The van der Waals surface area contributed by atoms with E-state index in [0.717, 1.165) is 67.4 Å². The van der Waals surface area contributed by atoms with E-state index in [1.165, 1.54) is 19.3 Å². The lowest BCUT2D eigenvalue weighted by atomic mass is 9.87. The van der Waals surface area contributed by atoms with Gasteiger partial charge in [-0.25, -0.2) is 0 Å². The van der Waals surface area contributed by atoms with E-state index in [1.807, 2.05) is 31.2 Å². The van der Waals surface area contributed by atoms with E-state index in [0.29, 0.717) is 12.6 Å². The molecule has 7 nitrogen and oxygen atoms in total. The summed E-state index contributed by atoms with van der Waals surface area (Å²) in [6, 6.07) is 10.3. The highest BCUT2D eigenvalue weighted by Crippen LogP contribution is 2.30. The molecule has 2 aromatic rings. The Bertz CT molecular complexity index is 959. The number of hydrogen-bond acceptors (Lipinski definition) is 6. The lowest BCUT2D eigenvalue weighted by Crippen LogP contribution is -2.49. The standard InChI is InChI=1S/C28H39N3O4/c1-20-9-11-25(15-29-20)35-19-22-13-23(28(32)30-24-7-5-4-6-8-24)18-31(17-22)16-21-10-12-26(33-2)27(14-21)34-3/h9-12,14-15,22-24H,4-8,13,16-19H2,1-3H3,(H,30,32)/t22-,23+/m0/s1. The molecule has 1 saturated heterocycles. The summed E-state index contributed by atoms with van der Waals surface area (Å²) < 4.78 is 17.0. The molecule has 190 valence electrons. The third kappa shape index (κ3) is 7.10. The number of benzene rings is 1. The summed E-state index contributed by atoms with van der Waals surface area (Å²) in [5, 5.41) is 3.35. The van der Waals surface area contributed by atoms with E-state index in [9.17, 15) is 4.79 Å². The van der Waals surface area contributed by atoms with Crippen LogP contribution < -0.4 is 19.5 Å². The number of nitrogens with one attached hydrogen (secondary N) is 1. The van der Waals surface area contributed by atoms with Gasteiger partial charge < -0.3 is 19.5 Å². The Balaban J connectivity index is 1.44. The molecule has 1 saturated carbocycles. The second-order valence-electron chi connectivity index (χ2n) is 9.97. The van der Waals surface area contributed by atoms with E-state index in [2.05, 4.69) is 21.3 Å². The van der Waals surface area contributed by atoms with Gasteiger partial charge in [0.1, 0.15) is 5.75 Å². The van der Waals surface area contributed by atoms with Crippen LogP contribution in [0.2, 0.25) is 0 Å². The van der Waals surface area contributed by atoms with Crippen LogP contribution in [0, 0.1) is 18.8 Å². The van der Waals surface area contributed by atoms with Crippen molar-refractivity contribution in [1.29, 1.82) is 0 Å². The number of methoxy groups -OCH3 is 2. The number of amides is 1. The van der Waals surface area contributed by atoms with Crippen molar-refractivity contribution in [3.63, 3.8) is 0 Å². The zero-order chi connectivity index (χ0) is 24.6. The van der Waals surface area contributed by atoms with Crippen LogP contribution in [0.3, 0.4) is 0 Å². The molecule has 2 fully saturated rings. The van der Waals surface area contributed by atoms with Gasteiger partial charge in [0.05, 0.1) is 32.9 Å². The first-order chi connectivity index (χ1) is 17.0. The molecule has 1 amide bonds. The molecular formula is C28H39N3O4. The van der Waals surface area contributed by atoms with E-state index in [-0.39, 0.29) is 17.7 Å². The van der Waals surface area contributed by atoms with Crippen molar-refractivity contribution in [1.82, 2.24) is 15.2 Å². The summed E-state index contributed by atoms with van der Waals surface area (Å²) in [7, 11) is 3.30. The van der Waals surface area contributed by atoms with Gasteiger partial charge in [0, 0.05) is 37.3 Å². The Morgan fingerprint density at radius 2 is 1.86 bits per heavy atom. The van der Waals surface area contributed by atoms with Gasteiger partial charge in [-0.3, -0.25) is 14.7 Å². The third-order valence-corrected chi connectivity index (χ3v) is 7.16. The number of pyridine rings is 1. The first kappa shape index (κ1) is 25.3. The molecule has 4 rings (SSSR count). The highest BCUT2D eigenvalue weighted by Gasteiger charge is 2.33. The number of likely N-dealkylation sites (tertiary alicyclic amines) is 1. The van der Waals surface area contributed by atoms with Gasteiger partial charge in [-0.15, -0.1) is 0 Å². The van der Waals surface area contributed by atoms with Crippen molar-refractivity contribution in [2.75, 3.05) is 33.9 Å². The number of piperidine rings is 1. The van der Waals surface area contributed by atoms with E-state index in [4.69, 9.17) is 14.2 Å². The van der Waals surface area contributed by atoms with Gasteiger partial charge in [-0.05, 0) is 56.0 Å². The van der Waals surface area contributed by atoms with Crippen LogP contribution in [-0.4, -0.2) is 55.7 Å². The number of nitrogens with zero attached hydrogens (tertiary/aromatic N) is 2. The quantitative estimate of drug-likeness (QED) is 0.573. The maximum Gasteiger partial charge on any atom is 0.224 e. The van der Waals surface area contributed by atoms with Gasteiger partial charge in [0.15, 0.2) is 11.5 Å². The monoisotopic (exact) mass is 481 g/mol. The highest BCUT2D eigenvalue weighted by molar-refractivity contribution is 5.79. The minimum Gasteiger partial charge on any atom is -0.493 e. The Hall–Kier alpha value is -2.80. The maximum absolute atomic E-state index is 13.3. The van der Waals surface area contributed by atoms with Crippen molar-refractivity contribution < 1.29 is 19.0 Å². The number of hydrogen-bond donors (Lipinski definition) is 1. The molecule has 0 bridgehead atoms. The fourth-order valence-corrected chi connectivity index (χ4v) is 5.30. The van der Waals surface area contributed by atoms with Crippen LogP contribution in [0.25, 0.3) is 0 Å². The minimum atomic E-state index is -0.0458. The minimum absolute atomic E-state index is 0.0458. The van der Waals surface area contributed by atoms with Crippen molar-refractivity contribution in [3.05, 3.63) is 47.8 Å². The Labute approximate surface area is 209 Å². The molecule has 0 spiro atoms. The zero-order valence-corrected chi connectivity index (χ0v) is 21.3. The number of rotatable bonds is 9. The Kier molecular flexibility index (Phi) is 8.85. The lowest BCUT2D eigenvalue weighted by Gasteiger charge is -2.38. The Morgan fingerprint density at radius 1 is 1.06 bits per heavy atom. The number of aromatic nitrogens is 1. The second-order valence-corrected chi connectivity index (χ2v) is 9.97. The highest BCUT2D eigenvalue weighted by atomic mass is 16.5. The molecule has 1 aliphatic heterocycles. The molecule has 0 radical (unpaired) electrons. The van der Waals surface area contributed by atoms with Crippen molar-refractivity contribution in [2.24, 2.45) is 11.8 Å². The molecule has 35 heavy (non-hydrogen) atoms. The number of carbonyl (C=O) groups excluding carboxylic acids is 1. The summed E-state index contributed by atoms with van der Waals surface area (Å²) in [6.07, 6.45) is 8.50. The number of carbonyl (C=O) groups is 1. The SMILES string of the molecule is COc1ccc(CN2C[C@@H](COc3ccc(C)nc3)C[C@@H](C(=O)NC3CCCCC3)C2)cc1OC. The molecule has 1 aromatic heterocycles. The summed E-state index contributed by atoms with van der Waals surface area (Å²) in [5.74, 6) is 2.62. The van der Waals surface area contributed by atoms with E-state index >= 15 is 0 Å². The largest absolute Gasteiger partial charge is 0.493 e. The second kappa shape index (κ2) is 12.2. The summed E-state index contributed by atoms with van der Waals surface area (Å²) in [4.78, 5) is 20.0. The number of ether oxygens (including phenoxy) is 3. The van der Waals surface area contributed by atoms with Crippen LogP contribution in [-0.2, 0) is 11.3 Å². The normalized spacial score (nSPS) is 21.3. The molecule has 1 N–H and O–H groups in total. The van der Waals surface area contributed by atoms with Crippen molar-refractivity contribution in [2.45, 2.75) is 58.0 Å². The van der Waals surface area contributed by atoms with Crippen LogP contribution in [0.15, 0.2) is 36.5 Å². The molecule has 2 heterocycles. The lowest BCUT2D eigenvalue weighted by molar-refractivity contribution is -0.128. The molecule has 2 atom stereocenters. The topological polar surface area (TPSA) is 72.9 Å². The van der Waals surface area contributed by atoms with Crippen LogP contribution in [0.1, 0.15) is 49.8 Å². The fraction of sp³-hybridized carbons (Fsp3) is 0.571. The molecular weight excluding hydrogens is 442 g/mol. The number of aryl methyl sites for hydroxylation is 1. The third-order valence-electron chi connectivity index (χ3n) is 7.16. The summed E-state index contributed by atoms with van der Waals surface area (Å²) in [5.41, 5.74) is 2.11. The maximum atomic E-state index is 13.3. The average molecular weight is 482 g/mol. The predicted octanol–water partition coefficient (Wildman–Crippen LogP) is 4.37. The molecule has 1 aromatic carbocycles. The van der Waals surface area contributed by atoms with Crippen LogP contribution in [0.5, 0.6) is 17.2 Å². The first-order valence-corrected chi connectivity index (χ1v) is 12.8. The van der Waals surface area contributed by atoms with Gasteiger partial charge in [0.25, 0.3) is 0 Å². The van der Waals surface area contributed by atoms with Gasteiger partial charge in [0.2, 0.25) is 5.91 Å². The van der Waals surface area contributed by atoms with Gasteiger partial charge >= 0.3 is 0 Å². The van der Waals surface area contributed by atoms with Crippen LogP contribution in [0.4, 0.5) is 0 Å². The van der Waals surface area contributed by atoms with Crippen molar-refractivity contribution in [3.8, 4) is 17.2 Å². The van der Waals surface area contributed by atoms with Crippen LogP contribution >= 0.6 is 0 Å². The van der Waals surface area contributed by atoms with Crippen molar-refractivity contribution >= 4 is 5.91 Å². The Morgan fingerprint density at radius 3 is 2.57 bits per heavy atom. The zero-order valence-electron chi connectivity index (χ0n) is 21.3. The summed E-state index contributed by atoms with van der Waals surface area (Å²) in [6.45, 7) is 4.90. The predicted molar refractivity (Wildman–Crippen MR) is 136 cm³/mol. The van der Waals surface area contributed by atoms with Gasteiger partial charge in [-0.2, -0.15) is 0 Å². The molecule has 7 heteroatoms.